The second-order valence-electron chi connectivity index (χ2n) is 5.86. The van der Waals surface area contributed by atoms with E-state index >= 15 is 0 Å². The molecule has 0 spiro atoms. The number of sulfonamides is 1. The first-order chi connectivity index (χ1) is 9.77. The van der Waals surface area contributed by atoms with Crippen molar-refractivity contribution in [3.63, 3.8) is 0 Å². The van der Waals surface area contributed by atoms with Crippen molar-refractivity contribution in [2.45, 2.75) is 38.6 Å². The molecule has 1 fully saturated rings. The monoisotopic (exact) mass is 310 g/mol. The summed E-state index contributed by atoms with van der Waals surface area (Å²) in [6.07, 6.45) is 3.08. The first-order valence-corrected chi connectivity index (χ1v) is 8.99. The molecule has 2 rings (SSSR count). The normalized spacial score (nSPS) is 15.0. The zero-order valence-electron chi connectivity index (χ0n) is 12.7. The topological polar surface area (TPSA) is 66.5 Å². The van der Waals surface area contributed by atoms with Crippen LogP contribution in [0.4, 0.5) is 5.69 Å². The molecule has 0 bridgehead atoms. The first kappa shape index (κ1) is 15.8. The minimum Gasteiger partial charge on any atom is -0.352 e. The van der Waals surface area contributed by atoms with Gasteiger partial charge >= 0.3 is 0 Å². The van der Waals surface area contributed by atoms with Gasteiger partial charge in [0.2, 0.25) is 15.9 Å². The molecule has 1 N–H and O–H groups in total. The van der Waals surface area contributed by atoms with Crippen molar-refractivity contribution >= 4 is 21.6 Å². The second-order valence-corrected chi connectivity index (χ2v) is 7.76. The summed E-state index contributed by atoms with van der Waals surface area (Å²) in [7, 11) is -3.49. The number of anilines is 1. The molecule has 0 aliphatic heterocycles. The lowest BCUT2D eigenvalue weighted by molar-refractivity contribution is -0.119. The summed E-state index contributed by atoms with van der Waals surface area (Å²) < 4.78 is 25.0. The van der Waals surface area contributed by atoms with Crippen molar-refractivity contribution in [3.05, 3.63) is 29.8 Å². The van der Waals surface area contributed by atoms with Crippen LogP contribution < -0.4 is 9.62 Å². The van der Waals surface area contributed by atoms with E-state index in [1.165, 1.54) is 0 Å². The largest absolute Gasteiger partial charge is 0.352 e. The van der Waals surface area contributed by atoms with E-state index in [0.717, 1.165) is 29.0 Å². The molecule has 0 atom stereocenters. The molecular formula is C15H22N2O3S. The van der Waals surface area contributed by atoms with Crippen molar-refractivity contribution in [2.24, 2.45) is 0 Å². The molecular weight excluding hydrogens is 288 g/mol. The number of nitrogens with zero attached hydrogens (tertiary/aromatic N) is 1. The molecule has 0 heterocycles. The van der Waals surface area contributed by atoms with E-state index in [1.54, 1.807) is 12.1 Å². The predicted molar refractivity (Wildman–Crippen MR) is 83.9 cm³/mol. The Kier molecular flexibility index (Phi) is 4.56. The van der Waals surface area contributed by atoms with Crippen LogP contribution in [0.25, 0.3) is 0 Å². The van der Waals surface area contributed by atoms with Gasteiger partial charge in [0.25, 0.3) is 0 Å². The van der Waals surface area contributed by atoms with Gasteiger partial charge in [-0.25, -0.2) is 8.42 Å². The lowest BCUT2D eigenvalue weighted by Gasteiger charge is -2.22. The maximum atomic E-state index is 11.9. The van der Waals surface area contributed by atoms with Gasteiger partial charge in [-0.2, -0.15) is 0 Å². The molecule has 0 unspecified atom stereocenters. The summed E-state index contributed by atoms with van der Waals surface area (Å²) in [6.45, 7) is 3.98. The average Bonchev–Trinajstić information content (AvgIpc) is 3.18. The van der Waals surface area contributed by atoms with Gasteiger partial charge < -0.3 is 5.32 Å². The van der Waals surface area contributed by atoms with Gasteiger partial charge in [-0.15, -0.1) is 0 Å². The molecule has 116 valence electrons. The van der Waals surface area contributed by atoms with E-state index < -0.39 is 10.0 Å². The minimum atomic E-state index is -3.49. The highest BCUT2D eigenvalue weighted by atomic mass is 32.2. The Hall–Kier alpha value is -1.56. The fraction of sp³-hybridized carbons (Fsp3) is 0.533. The Morgan fingerprint density at radius 2 is 1.86 bits per heavy atom. The number of carbonyl (C=O) groups is 1. The smallest absolute Gasteiger partial charge is 0.240 e. The molecule has 1 aromatic carbocycles. The predicted octanol–water partition coefficient (Wildman–Crippen LogP) is 1.85. The van der Waals surface area contributed by atoms with E-state index in [2.05, 4.69) is 19.2 Å². The van der Waals surface area contributed by atoms with Crippen molar-refractivity contribution in [1.82, 2.24) is 5.32 Å². The van der Waals surface area contributed by atoms with E-state index in [0.29, 0.717) is 11.6 Å². The van der Waals surface area contributed by atoms with Gasteiger partial charge in [-0.05, 0) is 36.5 Å². The minimum absolute atomic E-state index is 0.170. The number of carbonyl (C=O) groups excluding carboxylic acids is 1. The van der Waals surface area contributed by atoms with Crippen molar-refractivity contribution in [3.8, 4) is 0 Å². The molecule has 1 aliphatic rings. The summed E-state index contributed by atoms with van der Waals surface area (Å²) in [5.74, 6) is 0.125. The fourth-order valence-corrected chi connectivity index (χ4v) is 2.91. The quantitative estimate of drug-likeness (QED) is 0.872. The van der Waals surface area contributed by atoms with Crippen molar-refractivity contribution < 1.29 is 13.2 Å². The zero-order chi connectivity index (χ0) is 15.6. The number of hydrogen-bond acceptors (Lipinski definition) is 3. The Morgan fingerprint density at radius 3 is 2.29 bits per heavy atom. The summed E-state index contributed by atoms with van der Waals surface area (Å²) in [5, 5.41) is 2.81. The number of nitrogens with one attached hydrogen (secondary N) is 1. The van der Waals surface area contributed by atoms with Crippen LogP contribution in [0.3, 0.4) is 0 Å². The summed E-state index contributed by atoms with van der Waals surface area (Å²) in [6, 6.07) is 7.53. The standard InChI is InChI=1S/C15H22N2O3S/c1-11(2)12-4-8-14(9-5-12)17(21(3,19)20)10-15(18)16-13-6-7-13/h4-5,8-9,11,13H,6-7,10H2,1-3H3,(H,16,18). The van der Waals surface area contributed by atoms with Gasteiger partial charge in [0.05, 0.1) is 11.9 Å². The third-order valence-corrected chi connectivity index (χ3v) is 4.62. The van der Waals surface area contributed by atoms with Gasteiger partial charge in [0, 0.05) is 6.04 Å². The Morgan fingerprint density at radius 1 is 1.29 bits per heavy atom. The third-order valence-electron chi connectivity index (χ3n) is 3.48. The average molecular weight is 310 g/mol. The molecule has 1 aliphatic carbocycles. The number of benzene rings is 1. The second kappa shape index (κ2) is 6.05. The maximum Gasteiger partial charge on any atom is 0.240 e. The van der Waals surface area contributed by atoms with Crippen LogP contribution in [0.15, 0.2) is 24.3 Å². The van der Waals surface area contributed by atoms with E-state index in [4.69, 9.17) is 0 Å². The van der Waals surface area contributed by atoms with Crippen LogP contribution >= 0.6 is 0 Å². The van der Waals surface area contributed by atoms with Crippen molar-refractivity contribution in [2.75, 3.05) is 17.1 Å². The van der Waals surface area contributed by atoms with Crippen LogP contribution in [0.2, 0.25) is 0 Å². The van der Waals surface area contributed by atoms with E-state index in [1.807, 2.05) is 12.1 Å². The molecule has 0 radical (unpaired) electrons. The Labute approximate surface area is 126 Å². The summed E-state index contributed by atoms with van der Waals surface area (Å²) in [5.41, 5.74) is 1.66. The van der Waals surface area contributed by atoms with Gasteiger partial charge in [0.1, 0.15) is 6.54 Å². The molecule has 0 saturated heterocycles. The molecule has 1 saturated carbocycles. The van der Waals surface area contributed by atoms with E-state index in [9.17, 15) is 13.2 Å². The molecule has 5 nitrogen and oxygen atoms in total. The number of amides is 1. The van der Waals surface area contributed by atoms with Gasteiger partial charge in [-0.3, -0.25) is 9.10 Å². The Balaban J connectivity index is 2.17. The highest BCUT2D eigenvalue weighted by molar-refractivity contribution is 7.92. The third kappa shape index (κ3) is 4.46. The SMILES string of the molecule is CC(C)c1ccc(N(CC(=O)NC2CC2)S(C)(=O)=O)cc1. The van der Waals surface area contributed by atoms with Crippen LogP contribution in [0.1, 0.15) is 38.2 Å². The van der Waals surface area contributed by atoms with Crippen LogP contribution in [-0.2, 0) is 14.8 Å². The lowest BCUT2D eigenvalue weighted by atomic mass is 10.0. The highest BCUT2D eigenvalue weighted by Crippen LogP contribution is 2.22. The van der Waals surface area contributed by atoms with Crippen LogP contribution in [-0.4, -0.2) is 33.2 Å². The zero-order valence-corrected chi connectivity index (χ0v) is 13.5. The van der Waals surface area contributed by atoms with E-state index in [-0.39, 0.29) is 18.5 Å². The number of hydrogen-bond donors (Lipinski definition) is 1. The maximum absolute atomic E-state index is 11.9. The lowest BCUT2D eigenvalue weighted by Crippen LogP contribution is -2.41. The van der Waals surface area contributed by atoms with Gasteiger partial charge in [0.15, 0.2) is 0 Å². The van der Waals surface area contributed by atoms with Crippen LogP contribution in [0.5, 0.6) is 0 Å². The first-order valence-electron chi connectivity index (χ1n) is 7.14. The molecule has 1 aromatic rings. The Bertz CT molecular complexity index is 604. The highest BCUT2D eigenvalue weighted by Gasteiger charge is 2.26. The fourth-order valence-electron chi connectivity index (χ4n) is 2.06. The molecule has 1 amide bonds. The molecule has 6 heteroatoms. The number of rotatable bonds is 6. The molecule has 0 aromatic heterocycles. The summed E-state index contributed by atoms with van der Waals surface area (Å²) >= 11 is 0. The van der Waals surface area contributed by atoms with Crippen molar-refractivity contribution in [1.29, 1.82) is 0 Å². The van der Waals surface area contributed by atoms with Gasteiger partial charge in [-0.1, -0.05) is 26.0 Å². The molecule has 21 heavy (non-hydrogen) atoms. The summed E-state index contributed by atoms with van der Waals surface area (Å²) in [4.78, 5) is 11.9. The van der Waals surface area contributed by atoms with Crippen LogP contribution in [0, 0.1) is 0 Å².